The van der Waals surface area contributed by atoms with Crippen molar-refractivity contribution in [2.75, 3.05) is 44.3 Å². The van der Waals surface area contributed by atoms with Gasteiger partial charge in [0.2, 0.25) is 15.9 Å². The number of ether oxygens (including phenoxy) is 1. The van der Waals surface area contributed by atoms with Crippen LogP contribution in [0, 0.1) is 5.92 Å². The number of amides is 1. The summed E-state index contributed by atoms with van der Waals surface area (Å²) in [5.74, 6) is -0.717. The van der Waals surface area contributed by atoms with Crippen LogP contribution in [0.15, 0.2) is 42.5 Å². The fourth-order valence-corrected chi connectivity index (χ4v) is 6.51. The molecule has 10 heteroatoms. The predicted octanol–water partition coefficient (Wildman–Crippen LogP) is 3.69. The summed E-state index contributed by atoms with van der Waals surface area (Å²) in [5, 5.41) is 3.75. The van der Waals surface area contributed by atoms with Crippen molar-refractivity contribution in [2.45, 2.75) is 25.1 Å². The van der Waals surface area contributed by atoms with Crippen molar-refractivity contribution in [1.29, 1.82) is 0 Å². The van der Waals surface area contributed by atoms with Gasteiger partial charge in [-0.25, -0.2) is 12.7 Å². The molecule has 2 fully saturated rings. The number of nitrogens with zero attached hydrogens (tertiary/aromatic N) is 2. The number of rotatable bonds is 7. The zero-order chi connectivity index (χ0) is 24.1. The average molecular weight is 526 g/mol. The summed E-state index contributed by atoms with van der Waals surface area (Å²) in [7, 11) is -3.61. The molecule has 0 bridgehead atoms. The van der Waals surface area contributed by atoms with Gasteiger partial charge in [-0.05, 0) is 48.2 Å². The minimum atomic E-state index is -3.61. The Morgan fingerprint density at radius 1 is 1.06 bits per heavy atom. The van der Waals surface area contributed by atoms with Crippen LogP contribution in [-0.4, -0.2) is 58.0 Å². The molecule has 2 aliphatic rings. The number of anilines is 1. The first kappa shape index (κ1) is 25.3. The van der Waals surface area contributed by atoms with Crippen LogP contribution in [0.1, 0.15) is 24.0 Å². The number of halogens is 2. The number of sulfonamides is 1. The lowest BCUT2D eigenvalue weighted by atomic mass is 9.98. The van der Waals surface area contributed by atoms with Crippen LogP contribution in [0.25, 0.3) is 0 Å². The minimum Gasteiger partial charge on any atom is -0.378 e. The van der Waals surface area contributed by atoms with Gasteiger partial charge in [-0.15, -0.1) is 0 Å². The Hall–Kier alpha value is -1.84. The molecule has 1 atom stereocenters. The second-order valence-electron chi connectivity index (χ2n) is 8.67. The Balaban J connectivity index is 1.31. The third-order valence-corrected chi connectivity index (χ3v) is 8.66. The minimum absolute atomic E-state index is 0.123. The molecule has 2 aromatic carbocycles. The van der Waals surface area contributed by atoms with Crippen molar-refractivity contribution < 1.29 is 17.9 Å². The van der Waals surface area contributed by atoms with E-state index in [1.165, 1.54) is 10.4 Å². The molecule has 0 saturated carbocycles. The summed E-state index contributed by atoms with van der Waals surface area (Å²) in [5.41, 5.74) is 2.65. The fourth-order valence-electron chi connectivity index (χ4n) is 4.32. The van der Waals surface area contributed by atoms with E-state index in [4.69, 9.17) is 27.9 Å². The lowest BCUT2D eigenvalue weighted by Crippen LogP contribution is -2.45. The Kier molecular flexibility index (Phi) is 8.37. The number of benzene rings is 2. The van der Waals surface area contributed by atoms with Crippen molar-refractivity contribution >= 4 is 44.8 Å². The Morgan fingerprint density at radius 2 is 1.79 bits per heavy atom. The molecular formula is C24H29Cl2N3O4S. The van der Waals surface area contributed by atoms with Crippen molar-refractivity contribution in [2.24, 2.45) is 5.92 Å². The highest BCUT2D eigenvalue weighted by Gasteiger charge is 2.32. The highest BCUT2D eigenvalue weighted by molar-refractivity contribution is 7.88. The number of carbonyl (C=O) groups excluding carboxylic acids is 1. The van der Waals surface area contributed by atoms with Gasteiger partial charge in [0.25, 0.3) is 0 Å². The molecule has 0 aromatic heterocycles. The van der Waals surface area contributed by atoms with Gasteiger partial charge in [-0.3, -0.25) is 4.79 Å². The van der Waals surface area contributed by atoms with Crippen LogP contribution in [0.3, 0.4) is 0 Å². The maximum atomic E-state index is 13.0. The van der Waals surface area contributed by atoms with E-state index in [-0.39, 0.29) is 24.1 Å². The van der Waals surface area contributed by atoms with Crippen LogP contribution in [0.5, 0.6) is 0 Å². The van der Waals surface area contributed by atoms with E-state index < -0.39 is 10.0 Å². The topological polar surface area (TPSA) is 79.0 Å². The standard InChI is InChI=1S/C24H29Cl2N3O4S/c25-21-6-5-20(23(26)14-21)17-34(31,32)29-9-1-2-19(16-29)24(30)27-15-18-3-7-22(8-4-18)28-10-12-33-13-11-28/h3-8,14,19H,1-2,9-13,15-17H2,(H,27,30). The summed E-state index contributed by atoms with van der Waals surface area (Å²) in [6, 6.07) is 12.9. The smallest absolute Gasteiger partial charge is 0.224 e. The lowest BCUT2D eigenvalue weighted by Gasteiger charge is -2.31. The van der Waals surface area contributed by atoms with E-state index in [1.807, 2.05) is 12.1 Å². The van der Waals surface area contributed by atoms with Gasteiger partial charge >= 0.3 is 0 Å². The molecule has 1 amide bonds. The summed E-state index contributed by atoms with van der Waals surface area (Å²) in [6.45, 7) is 4.21. The van der Waals surface area contributed by atoms with Crippen molar-refractivity contribution in [1.82, 2.24) is 9.62 Å². The molecule has 0 spiro atoms. The first-order valence-electron chi connectivity index (χ1n) is 11.4. The maximum Gasteiger partial charge on any atom is 0.224 e. The zero-order valence-electron chi connectivity index (χ0n) is 18.9. The van der Waals surface area contributed by atoms with E-state index in [1.54, 1.807) is 12.1 Å². The van der Waals surface area contributed by atoms with Gasteiger partial charge in [0.15, 0.2) is 0 Å². The normalized spacial score (nSPS) is 19.7. The van der Waals surface area contributed by atoms with Crippen LogP contribution in [0.2, 0.25) is 10.0 Å². The average Bonchev–Trinajstić information content (AvgIpc) is 2.85. The molecule has 2 heterocycles. The summed E-state index contributed by atoms with van der Waals surface area (Å²) in [4.78, 5) is 15.1. The summed E-state index contributed by atoms with van der Waals surface area (Å²) < 4.78 is 32.8. The first-order valence-corrected chi connectivity index (χ1v) is 13.8. The van der Waals surface area contributed by atoms with E-state index in [2.05, 4.69) is 22.3 Å². The second-order valence-corrected chi connectivity index (χ2v) is 11.5. The molecule has 2 aliphatic heterocycles. The quantitative estimate of drug-likeness (QED) is 0.596. The molecule has 4 rings (SSSR count). The van der Waals surface area contributed by atoms with E-state index in [0.29, 0.717) is 41.5 Å². The summed E-state index contributed by atoms with van der Waals surface area (Å²) >= 11 is 12.1. The largest absolute Gasteiger partial charge is 0.378 e. The molecule has 2 aromatic rings. The summed E-state index contributed by atoms with van der Waals surface area (Å²) in [6.07, 6.45) is 1.30. The number of hydrogen-bond donors (Lipinski definition) is 1. The monoisotopic (exact) mass is 525 g/mol. The Labute approximate surface area is 211 Å². The third-order valence-electron chi connectivity index (χ3n) is 6.28. The second kappa shape index (κ2) is 11.3. The van der Waals surface area contributed by atoms with Crippen molar-refractivity contribution in [3.05, 3.63) is 63.6 Å². The van der Waals surface area contributed by atoms with E-state index in [0.717, 1.165) is 37.6 Å². The van der Waals surface area contributed by atoms with Gasteiger partial charge in [0, 0.05) is 48.5 Å². The molecule has 2 saturated heterocycles. The van der Waals surface area contributed by atoms with Crippen LogP contribution >= 0.6 is 23.2 Å². The molecule has 184 valence electrons. The SMILES string of the molecule is O=C(NCc1ccc(N2CCOCC2)cc1)C1CCCN(S(=O)(=O)Cc2ccc(Cl)cc2Cl)C1. The van der Waals surface area contributed by atoms with Crippen molar-refractivity contribution in [3.8, 4) is 0 Å². The van der Waals surface area contributed by atoms with Gasteiger partial charge in [0.1, 0.15) is 0 Å². The molecule has 0 aliphatic carbocycles. The van der Waals surface area contributed by atoms with Gasteiger partial charge in [0.05, 0.1) is 24.9 Å². The number of nitrogens with one attached hydrogen (secondary N) is 1. The molecule has 1 N–H and O–H groups in total. The number of hydrogen-bond acceptors (Lipinski definition) is 5. The Morgan fingerprint density at radius 3 is 2.50 bits per heavy atom. The van der Waals surface area contributed by atoms with Gasteiger partial charge < -0.3 is 15.0 Å². The predicted molar refractivity (Wildman–Crippen MR) is 135 cm³/mol. The van der Waals surface area contributed by atoms with Crippen LogP contribution in [-0.2, 0) is 31.9 Å². The number of piperidine rings is 1. The van der Waals surface area contributed by atoms with Crippen molar-refractivity contribution in [3.63, 3.8) is 0 Å². The maximum absolute atomic E-state index is 13.0. The number of carbonyl (C=O) groups is 1. The zero-order valence-corrected chi connectivity index (χ0v) is 21.2. The highest BCUT2D eigenvalue weighted by Crippen LogP contribution is 2.26. The molecule has 1 unspecified atom stereocenters. The van der Waals surface area contributed by atoms with E-state index >= 15 is 0 Å². The molecule has 0 radical (unpaired) electrons. The van der Waals surface area contributed by atoms with Crippen LogP contribution < -0.4 is 10.2 Å². The van der Waals surface area contributed by atoms with E-state index in [9.17, 15) is 13.2 Å². The molecular weight excluding hydrogens is 497 g/mol. The lowest BCUT2D eigenvalue weighted by molar-refractivity contribution is -0.126. The molecule has 34 heavy (non-hydrogen) atoms. The third kappa shape index (κ3) is 6.43. The first-order chi connectivity index (χ1) is 16.3. The fraction of sp³-hybridized carbons (Fsp3) is 0.458. The van der Waals surface area contributed by atoms with Gasteiger partial charge in [-0.1, -0.05) is 41.4 Å². The molecule has 7 nitrogen and oxygen atoms in total. The van der Waals surface area contributed by atoms with Crippen LogP contribution in [0.4, 0.5) is 5.69 Å². The highest BCUT2D eigenvalue weighted by atomic mass is 35.5. The number of morpholine rings is 1. The Bertz CT molecular complexity index is 1110. The van der Waals surface area contributed by atoms with Gasteiger partial charge in [-0.2, -0.15) is 0 Å².